The number of anilines is 1. The lowest BCUT2D eigenvalue weighted by molar-refractivity contribution is 0.101. The Labute approximate surface area is 157 Å². The van der Waals surface area contributed by atoms with Crippen molar-refractivity contribution >= 4 is 11.5 Å². The average Bonchev–Trinajstić information content (AvgIpc) is 2.65. The van der Waals surface area contributed by atoms with Crippen molar-refractivity contribution in [3.8, 4) is 6.07 Å². The van der Waals surface area contributed by atoms with Crippen molar-refractivity contribution in [2.75, 3.05) is 18.4 Å². The van der Waals surface area contributed by atoms with Gasteiger partial charge in [-0.25, -0.2) is 8.78 Å². The van der Waals surface area contributed by atoms with Crippen molar-refractivity contribution in [1.29, 1.82) is 5.26 Å². The molecule has 1 aliphatic rings. The number of nitrogens with one attached hydrogen (secondary N) is 1. The van der Waals surface area contributed by atoms with Gasteiger partial charge in [0.15, 0.2) is 5.78 Å². The SMILES string of the molecule is CC(=O)c1ccc(C#N)c(NC2CCCN(Cc3c(F)cccc3F)C2)c1. The molecule has 6 heteroatoms. The Morgan fingerprint density at radius 2 is 2.04 bits per heavy atom. The van der Waals surface area contributed by atoms with Crippen LogP contribution < -0.4 is 5.32 Å². The van der Waals surface area contributed by atoms with E-state index in [0.717, 1.165) is 19.4 Å². The van der Waals surface area contributed by atoms with Crippen molar-refractivity contribution in [2.24, 2.45) is 0 Å². The summed E-state index contributed by atoms with van der Waals surface area (Å²) in [6, 6.07) is 11.0. The van der Waals surface area contributed by atoms with Crippen LogP contribution in [0.1, 0.15) is 41.3 Å². The number of Topliss-reactive ketones (excluding diaryl/α,β-unsaturated/α-hetero) is 1. The Balaban J connectivity index is 1.73. The van der Waals surface area contributed by atoms with Gasteiger partial charge in [-0.15, -0.1) is 0 Å². The van der Waals surface area contributed by atoms with Gasteiger partial charge in [0.25, 0.3) is 0 Å². The van der Waals surface area contributed by atoms with Gasteiger partial charge in [-0.3, -0.25) is 9.69 Å². The molecule has 1 N–H and O–H groups in total. The number of rotatable bonds is 5. The third-order valence-electron chi connectivity index (χ3n) is 4.86. The van der Waals surface area contributed by atoms with Crippen LogP contribution in [-0.2, 0) is 6.54 Å². The first-order chi connectivity index (χ1) is 13.0. The van der Waals surface area contributed by atoms with Crippen molar-refractivity contribution < 1.29 is 13.6 Å². The minimum absolute atomic E-state index is 0.0305. The maximum atomic E-state index is 13.9. The average molecular weight is 369 g/mol. The Bertz CT molecular complexity index is 871. The monoisotopic (exact) mass is 369 g/mol. The molecule has 1 saturated heterocycles. The van der Waals surface area contributed by atoms with Crippen LogP contribution in [0.15, 0.2) is 36.4 Å². The standard InChI is InChI=1S/C21H21F2N3O/c1-14(27)15-7-8-16(11-24)21(10-15)25-17-4-3-9-26(12-17)13-18-19(22)5-2-6-20(18)23/h2,5-8,10,17,25H,3-4,9,12-13H2,1H3. The molecule has 1 fully saturated rings. The predicted octanol–water partition coefficient (Wildman–Crippen LogP) is 4.12. The van der Waals surface area contributed by atoms with Crippen LogP contribution in [0, 0.1) is 23.0 Å². The van der Waals surface area contributed by atoms with Crippen LogP contribution in [-0.4, -0.2) is 29.8 Å². The molecule has 0 spiro atoms. The second-order valence-electron chi connectivity index (χ2n) is 6.85. The molecule has 0 radical (unpaired) electrons. The molecule has 1 aliphatic heterocycles. The Morgan fingerprint density at radius 1 is 1.30 bits per heavy atom. The van der Waals surface area contributed by atoms with Crippen molar-refractivity contribution in [3.05, 3.63) is 64.7 Å². The van der Waals surface area contributed by atoms with Crippen molar-refractivity contribution in [2.45, 2.75) is 32.4 Å². The molecule has 3 rings (SSSR count). The highest BCUT2D eigenvalue weighted by atomic mass is 19.1. The molecule has 0 amide bonds. The van der Waals surface area contributed by atoms with Gasteiger partial charge in [0.1, 0.15) is 17.7 Å². The van der Waals surface area contributed by atoms with E-state index in [4.69, 9.17) is 0 Å². The van der Waals surface area contributed by atoms with Crippen LogP contribution in [0.3, 0.4) is 0 Å². The summed E-state index contributed by atoms with van der Waals surface area (Å²) < 4.78 is 27.8. The number of nitrogens with zero attached hydrogens (tertiary/aromatic N) is 2. The molecule has 2 aromatic carbocycles. The van der Waals surface area contributed by atoms with Gasteiger partial charge in [0.2, 0.25) is 0 Å². The molecule has 1 atom stereocenters. The van der Waals surface area contributed by atoms with Crippen LogP contribution in [0.5, 0.6) is 0 Å². The van der Waals surface area contributed by atoms with E-state index in [1.54, 1.807) is 18.2 Å². The lowest BCUT2D eigenvalue weighted by Gasteiger charge is -2.34. The molecule has 27 heavy (non-hydrogen) atoms. The summed E-state index contributed by atoms with van der Waals surface area (Å²) in [5.74, 6) is -1.14. The lowest BCUT2D eigenvalue weighted by atomic mass is 10.0. The lowest BCUT2D eigenvalue weighted by Crippen LogP contribution is -2.42. The van der Waals surface area contributed by atoms with Gasteiger partial charge in [0, 0.05) is 30.3 Å². The molecule has 140 valence electrons. The Morgan fingerprint density at radius 3 is 2.70 bits per heavy atom. The largest absolute Gasteiger partial charge is 0.380 e. The first kappa shape index (κ1) is 19.0. The fourth-order valence-electron chi connectivity index (χ4n) is 3.42. The summed E-state index contributed by atoms with van der Waals surface area (Å²) in [5, 5.41) is 12.7. The van der Waals surface area contributed by atoms with Crippen LogP contribution >= 0.6 is 0 Å². The van der Waals surface area contributed by atoms with Crippen LogP contribution in [0.2, 0.25) is 0 Å². The van der Waals surface area contributed by atoms with Gasteiger partial charge >= 0.3 is 0 Å². The fraction of sp³-hybridized carbons (Fsp3) is 0.333. The number of ketones is 1. The number of halogens is 2. The second-order valence-corrected chi connectivity index (χ2v) is 6.85. The highest BCUT2D eigenvalue weighted by Crippen LogP contribution is 2.23. The zero-order valence-electron chi connectivity index (χ0n) is 15.1. The van der Waals surface area contributed by atoms with E-state index >= 15 is 0 Å². The normalized spacial score (nSPS) is 17.3. The number of carbonyl (C=O) groups excluding carboxylic acids is 1. The smallest absolute Gasteiger partial charge is 0.159 e. The molecule has 0 aromatic heterocycles. The van der Waals surface area contributed by atoms with Gasteiger partial charge < -0.3 is 5.32 Å². The summed E-state index contributed by atoms with van der Waals surface area (Å²) in [7, 11) is 0. The summed E-state index contributed by atoms with van der Waals surface area (Å²) >= 11 is 0. The first-order valence-corrected chi connectivity index (χ1v) is 8.95. The number of nitriles is 1. The summed E-state index contributed by atoms with van der Waals surface area (Å²) in [4.78, 5) is 13.6. The van der Waals surface area contributed by atoms with E-state index < -0.39 is 11.6 Å². The van der Waals surface area contributed by atoms with Gasteiger partial charge in [-0.2, -0.15) is 5.26 Å². The number of hydrogen-bond acceptors (Lipinski definition) is 4. The number of benzene rings is 2. The van der Waals surface area contributed by atoms with Crippen molar-refractivity contribution in [1.82, 2.24) is 4.90 Å². The quantitative estimate of drug-likeness (QED) is 0.806. The molecule has 2 aromatic rings. The predicted molar refractivity (Wildman–Crippen MR) is 99.4 cm³/mol. The van der Waals surface area contributed by atoms with E-state index in [0.29, 0.717) is 23.4 Å². The fourth-order valence-corrected chi connectivity index (χ4v) is 3.42. The van der Waals surface area contributed by atoms with Gasteiger partial charge in [-0.1, -0.05) is 6.07 Å². The minimum atomic E-state index is -0.536. The van der Waals surface area contributed by atoms with Gasteiger partial charge in [0.05, 0.1) is 11.3 Å². The van der Waals surface area contributed by atoms with Crippen LogP contribution in [0.25, 0.3) is 0 Å². The highest BCUT2D eigenvalue weighted by molar-refractivity contribution is 5.95. The zero-order chi connectivity index (χ0) is 19.4. The van der Waals surface area contributed by atoms with E-state index in [-0.39, 0.29) is 23.9 Å². The zero-order valence-corrected chi connectivity index (χ0v) is 15.1. The summed E-state index contributed by atoms with van der Waals surface area (Å²) in [6.07, 6.45) is 1.76. The summed E-state index contributed by atoms with van der Waals surface area (Å²) in [6.45, 7) is 3.04. The number of hydrogen-bond donors (Lipinski definition) is 1. The molecule has 0 saturated carbocycles. The Kier molecular flexibility index (Phi) is 5.82. The maximum Gasteiger partial charge on any atom is 0.159 e. The molecular weight excluding hydrogens is 348 g/mol. The molecule has 1 unspecified atom stereocenters. The van der Waals surface area contributed by atoms with E-state index in [1.165, 1.54) is 25.1 Å². The molecule has 0 aliphatic carbocycles. The molecule has 1 heterocycles. The van der Waals surface area contributed by atoms with Crippen LogP contribution in [0.4, 0.5) is 14.5 Å². The summed E-state index contributed by atoms with van der Waals surface area (Å²) in [5.41, 5.74) is 1.71. The molecule has 0 bridgehead atoms. The van der Waals surface area contributed by atoms with E-state index in [1.807, 2.05) is 4.90 Å². The topological polar surface area (TPSA) is 56.1 Å². The number of piperidine rings is 1. The van der Waals surface area contributed by atoms with E-state index in [2.05, 4.69) is 11.4 Å². The molecular formula is C21H21F2N3O. The number of carbonyl (C=O) groups is 1. The van der Waals surface area contributed by atoms with Gasteiger partial charge in [-0.05, 0) is 56.6 Å². The van der Waals surface area contributed by atoms with Crippen molar-refractivity contribution in [3.63, 3.8) is 0 Å². The highest BCUT2D eigenvalue weighted by Gasteiger charge is 2.23. The minimum Gasteiger partial charge on any atom is -0.380 e. The third kappa shape index (κ3) is 4.50. The maximum absolute atomic E-state index is 13.9. The molecule has 4 nitrogen and oxygen atoms in total. The number of likely N-dealkylation sites (tertiary alicyclic amines) is 1. The van der Waals surface area contributed by atoms with E-state index in [9.17, 15) is 18.8 Å². The Hall–Kier alpha value is -2.78. The second kappa shape index (κ2) is 8.28. The first-order valence-electron chi connectivity index (χ1n) is 8.95. The third-order valence-corrected chi connectivity index (χ3v) is 4.86.